The lowest BCUT2D eigenvalue weighted by molar-refractivity contribution is -0.138. The number of halogens is 2. The molecule has 0 bridgehead atoms. The smallest absolute Gasteiger partial charge is 0.340 e. The highest BCUT2D eigenvalue weighted by Crippen LogP contribution is 2.29. The largest absolute Gasteiger partial charge is 0.479 e. The van der Waals surface area contributed by atoms with Gasteiger partial charge in [-0.1, -0.05) is 139 Å². The Bertz CT molecular complexity index is 365. The summed E-state index contributed by atoms with van der Waals surface area (Å²) in [4.78, 5) is 10.8. The molecule has 0 aromatic carbocycles. The van der Waals surface area contributed by atoms with E-state index in [-0.39, 0.29) is 0 Å². The molecular weight excluding hydrogens is 379 g/mol. The Labute approximate surface area is 177 Å². The highest BCUT2D eigenvalue weighted by molar-refractivity contribution is 6.57. The van der Waals surface area contributed by atoms with Gasteiger partial charge < -0.3 is 5.11 Å². The summed E-state index contributed by atoms with van der Waals surface area (Å²) in [5, 5.41) is 8.84. The zero-order chi connectivity index (χ0) is 19.8. The van der Waals surface area contributed by atoms with Crippen molar-refractivity contribution in [3.8, 4) is 0 Å². The van der Waals surface area contributed by atoms with Gasteiger partial charge in [0.2, 0.25) is 4.33 Å². The van der Waals surface area contributed by atoms with Gasteiger partial charge in [-0.15, -0.1) is 0 Å². The standard InChI is InChI=1S/C23H42Cl2O2/c24-23(25,22(26)27)20-16-11-9-7-5-3-1-2-4-6-8-10-13-17-21-18-14-12-15-19-21/h21H,1-20H2,(H,26,27). The van der Waals surface area contributed by atoms with Gasteiger partial charge in [-0.2, -0.15) is 0 Å². The van der Waals surface area contributed by atoms with Crippen LogP contribution in [0.5, 0.6) is 0 Å². The maximum atomic E-state index is 10.8. The van der Waals surface area contributed by atoms with Crippen LogP contribution in [0.2, 0.25) is 0 Å². The van der Waals surface area contributed by atoms with Crippen molar-refractivity contribution in [3.63, 3.8) is 0 Å². The molecule has 1 aliphatic rings. The van der Waals surface area contributed by atoms with E-state index < -0.39 is 10.3 Å². The van der Waals surface area contributed by atoms with E-state index in [2.05, 4.69) is 0 Å². The molecule has 1 fully saturated rings. The van der Waals surface area contributed by atoms with Gasteiger partial charge >= 0.3 is 5.97 Å². The zero-order valence-electron chi connectivity index (χ0n) is 17.3. The predicted octanol–water partition coefficient (Wildman–Crippen LogP) is 8.68. The van der Waals surface area contributed by atoms with Crippen molar-refractivity contribution >= 4 is 29.2 Å². The van der Waals surface area contributed by atoms with Crippen molar-refractivity contribution in [2.75, 3.05) is 0 Å². The van der Waals surface area contributed by atoms with Gasteiger partial charge in [0.1, 0.15) is 0 Å². The molecule has 0 aromatic heterocycles. The van der Waals surface area contributed by atoms with Gasteiger partial charge in [-0.3, -0.25) is 0 Å². The van der Waals surface area contributed by atoms with Crippen LogP contribution in [0.25, 0.3) is 0 Å². The molecule has 1 rings (SSSR count). The summed E-state index contributed by atoms with van der Waals surface area (Å²) in [6, 6.07) is 0. The van der Waals surface area contributed by atoms with Crippen molar-refractivity contribution in [1.82, 2.24) is 0 Å². The fraction of sp³-hybridized carbons (Fsp3) is 0.957. The molecule has 1 N–H and O–H groups in total. The van der Waals surface area contributed by atoms with E-state index in [9.17, 15) is 4.79 Å². The molecule has 0 atom stereocenters. The summed E-state index contributed by atoms with van der Waals surface area (Å²) in [6.07, 6.45) is 26.1. The molecule has 1 aliphatic carbocycles. The Morgan fingerprint density at radius 3 is 1.56 bits per heavy atom. The summed E-state index contributed by atoms with van der Waals surface area (Å²) in [5.41, 5.74) is 0. The fourth-order valence-electron chi connectivity index (χ4n) is 4.31. The quantitative estimate of drug-likeness (QED) is 0.188. The first-order chi connectivity index (χ1) is 13.0. The van der Waals surface area contributed by atoms with Crippen molar-refractivity contribution in [2.24, 2.45) is 5.92 Å². The number of alkyl halides is 2. The summed E-state index contributed by atoms with van der Waals surface area (Å²) >= 11 is 11.4. The van der Waals surface area contributed by atoms with Gasteiger partial charge in [-0.25, -0.2) is 4.79 Å². The summed E-state index contributed by atoms with van der Waals surface area (Å²) in [5.74, 6) is -0.0709. The van der Waals surface area contributed by atoms with E-state index in [1.807, 2.05) is 0 Å². The van der Waals surface area contributed by atoms with Gasteiger partial charge in [0.15, 0.2) is 0 Å². The van der Waals surface area contributed by atoms with Crippen LogP contribution >= 0.6 is 23.2 Å². The molecule has 0 aromatic rings. The lowest BCUT2D eigenvalue weighted by atomic mass is 9.85. The van der Waals surface area contributed by atoms with Gasteiger partial charge in [0, 0.05) is 0 Å². The van der Waals surface area contributed by atoms with Crippen LogP contribution < -0.4 is 0 Å². The molecule has 0 unspecified atom stereocenters. The van der Waals surface area contributed by atoms with E-state index in [0.29, 0.717) is 6.42 Å². The topological polar surface area (TPSA) is 37.3 Å². The minimum absolute atomic E-state index is 0.339. The first kappa shape index (κ1) is 25.1. The van der Waals surface area contributed by atoms with Crippen LogP contribution in [-0.4, -0.2) is 15.4 Å². The van der Waals surface area contributed by atoms with E-state index in [1.54, 1.807) is 0 Å². The van der Waals surface area contributed by atoms with Gasteiger partial charge in [-0.05, 0) is 18.8 Å². The number of carboxylic acid groups (broad SMARTS) is 1. The number of carboxylic acids is 1. The normalized spacial score (nSPS) is 15.9. The van der Waals surface area contributed by atoms with Crippen molar-refractivity contribution in [2.45, 2.75) is 133 Å². The number of aliphatic carboxylic acids is 1. The molecule has 27 heavy (non-hydrogen) atoms. The Morgan fingerprint density at radius 2 is 1.11 bits per heavy atom. The number of hydrogen-bond donors (Lipinski definition) is 1. The summed E-state index contributed by atoms with van der Waals surface area (Å²) in [6.45, 7) is 0. The Hall–Kier alpha value is 0.0500. The third kappa shape index (κ3) is 13.8. The average molecular weight is 421 g/mol. The second-order valence-corrected chi connectivity index (χ2v) is 10.1. The molecule has 0 saturated heterocycles. The van der Waals surface area contributed by atoms with Crippen molar-refractivity contribution in [1.29, 1.82) is 0 Å². The minimum atomic E-state index is -1.60. The van der Waals surface area contributed by atoms with Crippen LogP contribution in [0.3, 0.4) is 0 Å². The number of unbranched alkanes of at least 4 members (excludes halogenated alkanes) is 12. The number of rotatable bonds is 17. The van der Waals surface area contributed by atoms with E-state index >= 15 is 0 Å². The number of hydrogen-bond acceptors (Lipinski definition) is 1. The minimum Gasteiger partial charge on any atom is -0.479 e. The Kier molecular flexibility index (Phi) is 14.8. The molecular formula is C23H42Cl2O2. The third-order valence-corrected chi connectivity index (χ3v) is 6.84. The lowest BCUT2D eigenvalue weighted by Crippen LogP contribution is -2.25. The molecule has 1 saturated carbocycles. The first-order valence-corrected chi connectivity index (χ1v) is 12.4. The van der Waals surface area contributed by atoms with Crippen LogP contribution in [0.15, 0.2) is 0 Å². The molecule has 0 aliphatic heterocycles. The van der Waals surface area contributed by atoms with Crippen LogP contribution in [0.4, 0.5) is 0 Å². The second kappa shape index (κ2) is 15.9. The predicted molar refractivity (Wildman–Crippen MR) is 118 cm³/mol. The second-order valence-electron chi connectivity index (χ2n) is 8.65. The SMILES string of the molecule is O=C(O)C(Cl)(Cl)CCCCCCCCCCCCCCCC1CCCCC1. The zero-order valence-corrected chi connectivity index (χ0v) is 18.8. The molecule has 0 spiro atoms. The van der Waals surface area contributed by atoms with Crippen LogP contribution in [0.1, 0.15) is 128 Å². The molecule has 0 heterocycles. The first-order valence-electron chi connectivity index (χ1n) is 11.6. The molecule has 0 radical (unpaired) electrons. The number of carbonyl (C=O) groups is 1. The maximum absolute atomic E-state index is 10.8. The van der Waals surface area contributed by atoms with Gasteiger partial charge in [0.05, 0.1) is 0 Å². The molecule has 0 amide bonds. The lowest BCUT2D eigenvalue weighted by Gasteiger charge is -2.21. The monoisotopic (exact) mass is 420 g/mol. The molecule has 2 nitrogen and oxygen atoms in total. The highest BCUT2D eigenvalue weighted by atomic mass is 35.5. The van der Waals surface area contributed by atoms with Gasteiger partial charge in [0.25, 0.3) is 0 Å². The van der Waals surface area contributed by atoms with Crippen molar-refractivity contribution < 1.29 is 9.90 Å². The molecule has 160 valence electrons. The van der Waals surface area contributed by atoms with E-state index in [0.717, 1.165) is 25.2 Å². The summed E-state index contributed by atoms with van der Waals surface area (Å²) in [7, 11) is 0. The maximum Gasteiger partial charge on any atom is 0.340 e. The van der Waals surface area contributed by atoms with Crippen LogP contribution in [-0.2, 0) is 4.79 Å². The fourth-order valence-corrected chi connectivity index (χ4v) is 4.57. The Morgan fingerprint density at radius 1 is 0.704 bits per heavy atom. The highest BCUT2D eigenvalue weighted by Gasteiger charge is 2.32. The average Bonchev–Trinajstić information content (AvgIpc) is 2.65. The third-order valence-electron chi connectivity index (χ3n) is 6.14. The molecule has 4 heteroatoms. The van der Waals surface area contributed by atoms with Crippen molar-refractivity contribution in [3.05, 3.63) is 0 Å². The van der Waals surface area contributed by atoms with E-state index in [1.165, 1.54) is 103 Å². The van der Waals surface area contributed by atoms with Crippen LogP contribution in [0, 0.1) is 5.92 Å². The summed E-state index contributed by atoms with van der Waals surface area (Å²) < 4.78 is -1.60. The Balaban J connectivity index is 1.73. The van der Waals surface area contributed by atoms with E-state index in [4.69, 9.17) is 28.3 Å².